The van der Waals surface area contributed by atoms with Gasteiger partial charge in [-0.15, -0.1) is 0 Å². The Morgan fingerprint density at radius 3 is 2.55 bits per heavy atom. The Balaban J connectivity index is 1.34. The number of piperazine rings is 1. The summed E-state index contributed by atoms with van der Waals surface area (Å²) in [6.45, 7) is 7.41. The monoisotopic (exact) mass is 438 g/mol. The minimum absolute atomic E-state index is 0.534. The third-order valence-corrected chi connectivity index (χ3v) is 6.02. The largest absolute Gasteiger partial charge is 0.492 e. The molecule has 0 N–H and O–H groups in total. The molecule has 0 amide bonds. The van der Waals surface area contributed by atoms with Crippen molar-refractivity contribution in [3.63, 3.8) is 0 Å². The second-order valence-electron chi connectivity index (χ2n) is 8.14. The standard InChI is InChI=1S/C26H26N6O/c1-2-33-23-14-24(26-22(15-27)17-29-32(26)19-23)21-8-9-25(28-16-21)31-12-10-30(11-13-31)18-20-6-4-3-5-7-20/h3-9,14,16-17,19H,2,10-13,18H2,1H3. The number of nitrogens with zero attached hydrogens (tertiary/aromatic N) is 6. The van der Waals surface area contributed by atoms with Crippen LogP contribution in [0.3, 0.4) is 0 Å². The van der Waals surface area contributed by atoms with Crippen molar-refractivity contribution in [1.29, 1.82) is 5.26 Å². The number of rotatable bonds is 6. The number of benzene rings is 1. The maximum absolute atomic E-state index is 9.54. The van der Waals surface area contributed by atoms with Crippen LogP contribution in [0, 0.1) is 11.3 Å². The predicted molar refractivity (Wildman–Crippen MR) is 128 cm³/mol. The minimum Gasteiger partial charge on any atom is -0.492 e. The first-order valence-electron chi connectivity index (χ1n) is 11.3. The summed E-state index contributed by atoms with van der Waals surface area (Å²) in [4.78, 5) is 9.58. The summed E-state index contributed by atoms with van der Waals surface area (Å²) in [5.41, 5.74) is 4.48. The lowest BCUT2D eigenvalue weighted by atomic mass is 10.1. The van der Waals surface area contributed by atoms with Crippen molar-refractivity contribution in [2.24, 2.45) is 0 Å². The molecule has 1 aromatic carbocycles. The van der Waals surface area contributed by atoms with Crippen molar-refractivity contribution < 1.29 is 4.74 Å². The Morgan fingerprint density at radius 1 is 1.03 bits per heavy atom. The third kappa shape index (κ3) is 4.38. The van der Waals surface area contributed by atoms with E-state index in [4.69, 9.17) is 9.72 Å². The molecule has 7 nitrogen and oxygen atoms in total. The second kappa shape index (κ2) is 9.31. The Kier molecular flexibility index (Phi) is 5.92. The smallest absolute Gasteiger partial charge is 0.138 e. The van der Waals surface area contributed by atoms with Gasteiger partial charge in [0.2, 0.25) is 0 Å². The number of hydrogen-bond donors (Lipinski definition) is 0. The zero-order valence-corrected chi connectivity index (χ0v) is 18.7. The van der Waals surface area contributed by atoms with E-state index in [-0.39, 0.29) is 0 Å². The van der Waals surface area contributed by atoms with E-state index in [1.807, 2.05) is 19.2 Å². The lowest BCUT2D eigenvalue weighted by molar-refractivity contribution is 0.249. The van der Waals surface area contributed by atoms with Crippen LogP contribution in [-0.4, -0.2) is 52.3 Å². The van der Waals surface area contributed by atoms with Crippen molar-refractivity contribution in [1.82, 2.24) is 19.5 Å². The molecule has 166 valence electrons. The number of anilines is 1. The lowest BCUT2D eigenvalue weighted by Crippen LogP contribution is -2.46. The van der Waals surface area contributed by atoms with Crippen LogP contribution < -0.4 is 9.64 Å². The first kappa shape index (κ1) is 21.0. The van der Waals surface area contributed by atoms with Gasteiger partial charge in [0, 0.05) is 50.0 Å². The van der Waals surface area contributed by atoms with Gasteiger partial charge < -0.3 is 9.64 Å². The van der Waals surface area contributed by atoms with Crippen molar-refractivity contribution in [3.05, 3.63) is 78.2 Å². The summed E-state index contributed by atoms with van der Waals surface area (Å²) >= 11 is 0. The molecule has 0 bridgehead atoms. The fraction of sp³-hybridized carbons (Fsp3) is 0.269. The van der Waals surface area contributed by atoms with Gasteiger partial charge in [0.25, 0.3) is 0 Å². The number of hydrogen-bond acceptors (Lipinski definition) is 6. The van der Waals surface area contributed by atoms with E-state index in [0.29, 0.717) is 17.9 Å². The quantitative estimate of drug-likeness (QED) is 0.453. The highest BCUT2D eigenvalue weighted by atomic mass is 16.5. The van der Waals surface area contributed by atoms with Gasteiger partial charge in [-0.3, -0.25) is 4.90 Å². The molecule has 0 aliphatic carbocycles. The van der Waals surface area contributed by atoms with Crippen LogP contribution in [-0.2, 0) is 6.54 Å². The van der Waals surface area contributed by atoms with Gasteiger partial charge in [0.15, 0.2) is 0 Å². The van der Waals surface area contributed by atoms with Crippen molar-refractivity contribution >= 4 is 11.3 Å². The van der Waals surface area contributed by atoms with Gasteiger partial charge in [0.05, 0.1) is 30.1 Å². The van der Waals surface area contributed by atoms with E-state index < -0.39 is 0 Å². The molecule has 1 aliphatic rings. The summed E-state index contributed by atoms with van der Waals surface area (Å²) in [5, 5.41) is 13.9. The average molecular weight is 439 g/mol. The summed E-state index contributed by atoms with van der Waals surface area (Å²) in [7, 11) is 0. The number of aromatic nitrogens is 3. The number of ether oxygens (including phenoxy) is 1. The van der Waals surface area contributed by atoms with Crippen molar-refractivity contribution in [2.45, 2.75) is 13.5 Å². The summed E-state index contributed by atoms with van der Waals surface area (Å²) in [5.74, 6) is 1.69. The molecule has 0 radical (unpaired) electrons. The van der Waals surface area contributed by atoms with Crippen LogP contribution in [0.5, 0.6) is 5.75 Å². The highest BCUT2D eigenvalue weighted by Crippen LogP contribution is 2.31. The summed E-state index contributed by atoms with van der Waals surface area (Å²) < 4.78 is 7.42. The van der Waals surface area contributed by atoms with Gasteiger partial charge in [-0.1, -0.05) is 30.3 Å². The molecular formula is C26H26N6O. The number of nitriles is 1. The average Bonchev–Trinajstić information content (AvgIpc) is 3.28. The first-order chi connectivity index (χ1) is 16.2. The Labute approximate surface area is 193 Å². The van der Waals surface area contributed by atoms with E-state index in [0.717, 1.165) is 55.2 Å². The maximum atomic E-state index is 9.54. The van der Waals surface area contributed by atoms with Crippen LogP contribution >= 0.6 is 0 Å². The molecule has 4 heterocycles. The van der Waals surface area contributed by atoms with Crippen LogP contribution in [0.15, 0.2) is 67.1 Å². The zero-order valence-electron chi connectivity index (χ0n) is 18.7. The van der Waals surface area contributed by atoms with Crippen LogP contribution in [0.4, 0.5) is 5.82 Å². The normalized spacial score (nSPS) is 14.4. The predicted octanol–water partition coefficient (Wildman–Crippen LogP) is 3.99. The molecule has 0 unspecified atom stereocenters. The molecule has 0 atom stereocenters. The van der Waals surface area contributed by atoms with Gasteiger partial charge in [-0.2, -0.15) is 10.4 Å². The fourth-order valence-corrected chi connectivity index (χ4v) is 4.35. The van der Waals surface area contributed by atoms with Gasteiger partial charge in [-0.25, -0.2) is 9.50 Å². The van der Waals surface area contributed by atoms with E-state index >= 15 is 0 Å². The topological polar surface area (TPSA) is 69.7 Å². The molecular weight excluding hydrogens is 412 g/mol. The molecule has 7 heteroatoms. The molecule has 1 aliphatic heterocycles. The van der Waals surface area contributed by atoms with Crippen molar-refractivity contribution in [2.75, 3.05) is 37.7 Å². The van der Waals surface area contributed by atoms with Crippen LogP contribution in [0.25, 0.3) is 16.6 Å². The summed E-state index contributed by atoms with van der Waals surface area (Å²) in [6, 6.07) is 18.9. The number of pyridine rings is 2. The molecule has 1 saturated heterocycles. The van der Waals surface area contributed by atoms with E-state index in [9.17, 15) is 5.26 Å². The number of fused-ring (bicyclic) bond motifs is 1. The maximum Gasteiger partial charge on any atom is 0.138 e. The Bertz CT molecular complexity index is 1270. The second-order valence-corrected chi connectivity index (χ2v) is 8.14. The van der Waals surface area contributed by atoms with E-state index in [1.165, 1.54) is 5.56 Å². The molecule has 0 saturated carbocycles. The van der Waals surface area contributed by atoms with Gasteiger partial charge >= 0.3 is 0 Å². The molecule has 3 aromatic heterocycles. The SMILES string of the molecule is CCOc1cc(-c2ccc(N3CCN(Cc4ccccc4)CC3)nc2)c2c(C#N)cnn2c1. The van der Waals surface area contributed by atoms with Gasteiger partial charge in [-0.05, 0) is 30.7 Å². The highest BCUT2D eigenvalue weighted by Gasteiger charge is 2.19. The molecule has 33 heavy (non-hydrogen) atoms. The Morgan fingerprint density at radius 2 is 1.85 bits per heavy atom. The van der Waals surface area contributed by atoms with Crippen molar-refractivity contribution in [3.8, 4) is 22.9 Å². The molecule has 5 rings (SSSR count). The molecule has 1 fully saturated rings. The van der Waals surface area contributed by atoms with E-state index in [2.05, 4.69) is 63.4 Å². The first-order valence-corrected chi connectivity index (χ1v) is 11.3. The fourth-order valence-electron chi connectivity index (χ4n) is 4.35. The third-order valence-electron chi connectivity index (χ3n) is 6.02. The Hall–Kier alpha value is -3.89. The van der Waals surface area contributed by atoms with Gasteiger partial charge in [0.1, 0.15) is 17.6 Å². The van der Waals surface area contributed by atoms with Crippen LogP contribution in [0.1, 0.15) is 18.1 Å². The zero-order chi connectivity index (χ0) is 22.6. The summed E-state index contributed by atoms with van der Waals surface area (Å²) in [6.07, 6.45) is 5.27. The van der Waals surface area contributed by atoms with E-state index in [1.54, 1.807) is 16.9 Å². The lowest BCUT2D eigenvalue weighted by Gasteiger charge is -2.35. The highest BCUT2D eigenvalue weighted by molar-refractivity contribution is 5.85. The minimum atomic E-state index is 0.534. The molecule has 0 spiro atoms. The molecule has 4 aromatic rings. The van der Waals surface area contributed by atoms with Crippen LogP contribution in [0.2, 0.25) is 0 Å².